The van der Waals surface area contributed by atoms with Gasteiger partial charge in [0.05, 0.1) is 19.8 Å². The number of ether oxygens (including phenoxy) is 1. The molecule has 0 unspecified atom stereocenters. The number of nitrogens with one attached hydrogen (secondary N) is 2. The van der Waals surface area contributed by atoms with Gasteiger partial charge in [-0.05, 0) is 12.0 Å². The molecule has 0 spiro atoms. The van der Waals surface area contributed by atoms with E-state index in [1.807, 2.05) is 30.3 Å². The van der Waals surface area contributed by atoms with Crippen molar-refractivity contribution < 1.29 is 22.7 Å². The first kappa shape index (κ1) is 19.2. The minimum Gasteiger partial charge on any atom is -0.376 e. The molecule has 0 bridgehead atoms. The van der Waals surface area contributed by atoms with Gasteiger partial charge >= 0.3 is 12.2 Å². The number of urea groups is 1. The molecular weight excluding hydrogens is 361 g/mol. The van der Waals surface area contributed by atoms with E-state index in [9.17, 15) is 18.0 Å². The van der Waals surface area contributed by atoms with E-state index in [2.05, 4.69) is 15.7 Å². The predicted octanol–water partition coefficient (Wildman–Crippen LogP) is 2.52. The molecule has 0 aliphatic carbocycles. The number of aromatic nitrogens is 2. The molecule has 1 aliphatic rings. The highest BCUT2D eigenvalue weighted by atomic mass is 19.4. The quantitative estimate of drug-likeness (QED) is 0.807. The van der Waals surface area contributed by atoms with Gasteiger partial charge in [0.2, 0.25) is 0 Å². The number of halogens is 3. The van der Waals surface area contributed by atoms with Crippen LogP contribution in [0.15, 0.2) is 30.3 Å². The zero-order valence-corrected chi connectivity index (χ0v) is 14.7. The van der Waals surface area contributed by atoms with Crippen LogP contribution in [0.5, 0.6) is 0 Å². The zero-order chi connectivity index (χ0) is 19.3. The van der Waals surface area contributed by atoms with Gasteiger partial charge in [0, 0.05) is 30.8 Å². The Bertz CT molecular complexity index is 775. The maximum absolute atomic E-state index is 13.1. The first-order valence-corrected chi connectivity index (χ1v) is 8.74. The van der Waals surface area contributed by atoms with E-state index in [1.54, 1.807) is 0 Å². The predicted molar refractivity (Wildman–Crippen MR) is 92.1 cm³/mol. The Labute approximate surface area is 154 Å². The number of benzene rings is 1. The Morgan fingerprint density at radius 1 is 1.19 bits per heavy atom. The van der Waals surface area contributed by atoms with Crippen LogP contribution in [0, 0.1) is 0 Å². The fourth-order valence-corrected chi connectivity index (χ4v) is 3.02. The molecule has 1 aliphatic heterocycles. The number of amides is 2. The van der Waals surface area contributed by atoms with Gasteiger partial charge in [-0.25, -0.2) is 4.79 Å². The summed E-state index contributed by atoms with van der Waals surface area (Å²) in [7, 11) is 0. The van der Waals surface area contributed by atoms with Crippen LogP contribution < -0.4 is 10.6 Å². The molecular formula is C18H21F3N4O2. The minimum atomic E-state index is -4.52. The van der Waals surface area contributed by atoms with Crippen LogP contribution in [0.1, 0.15) is 22.5 Å². The average molecular weight is 382 g/mol. The van der Waals surface area contributed by atoms with E-state index in [1.165, 1.54) is 4.68 Å². The summed E-state index contributed by atoms with van der Waals surface area (Å²) in [5.41, 5.74) is 0.841. The molecule has 2 heterocycles. The molecule has 2 amide bonds. The highest BCUT2D eigenvalue weighted by Gasteiger charge is 2.39. The second-order valence-electron chi connectivity index (χ2n) is 6.22. The zero-order valence-electron chi connectivity index (χ0n) is 14.7. The molecule has 2 N–H and O–H groups in total. The molecule has 146 valence electrons. The van der Waals surface area contributed by atoms with Crippen molar-refractivity contribution in [2.24, 2.45) is 0 Å². The second kappa shape index (κ2) is 8.43. The van der Waals surface area contributed by atoms with Crippen molar-refractivity contribution in [1.82, 2.24) is 20.4 Å². The van der Waals surface area contributed by atoms with Crippen molar-refractivity contribution >= 4 is 6.03 Å². The van der Waals surface area contributed by atoms with Gasteiger partial charge < -0.3 is 15.4 Å². The van der Waals surface area contributed by atoms with Crippen molar-refractivity contribution in [3.05, 3.63) is 52.8 Å². The Morgan fingerprint density at radius 3 is 2.67 bits per heavy atom. The smallest absolute Gasteiger partial charge is 0.376 e. The van der Waals surface area contributed by atoms with Crippen molar-refractivity contribution in [2.45, 2.75) is 32.2 Å². The number of hydrogen-bond acceptors (Lipinski definition) is 3. The van der Waals surface area contributed by atoms with Crippen molar-refractivity contribution in [2.75, 3.05) is 19.7 Å². The maximum Gasteiger partial charge on any atom is 0.435 e. The van der Waals surface area contributed by atoms with E-state index in [4.69, 9.17) is 4.74 Å². The van der Waals surface area contributed by atoms with E-state index < -0.39 is 11.9 Å². The lowest BCUT2D eigenvalue weighted by atomic mass is 10.1. The summed E-state index contributed by atoms with van der Waals surface area (Å²) in [6, 6.07) is 9.38. The molecule has 9 heteroatoms. The standard InChI is InChI=1S/C18H21F3N4O2/c19-18(20,21)16-14-12-27-11-7-15(14)25(24-16)10-9-23-17(26)22-8-6-13-4-2-1-3-5-13/h1-5H,6-12H2,(H2,22,23,26). The van der Waals surface area contributed by atoms with Gasteiger partial charge in [-0.1, -0.05) is 30.3 Å². The van der Waals surface area contributed by atoms with Gasteiger partial charge in [0.25, 0.3) is 0 Å². The Hall–Kier alpha value is -2.55. The Morgan fingerprint density at radius 2 is 1.93 bits per heavy atom. The van der Waals surface area contributed by atoms with Gasteiger partial charge in [0.1, 0.15) is 0 Å². The molecule has 0 saturated carbocycles. The second-order valence-corrected chi connectivity index (χ2v) is 6.22. The lowest BCUT2D eigenvalue weighted by molar-refractivity contribution is -0.142. The van der Waals surface area contributed by atoms with Gasteiger partial charge in [0.15, 0.2) is 5.69 Å². The third kappa shape index (κ3) is 5.00. The van der Waals surface area contributed by atoms with Gasteiger partial charge in [-0.2, -0.15) is 18.3 Å². The normalized spacial score (nSPS) is 13.9. The molecule has 1 aromatic heterocycles. The highest BCUT2D eigenvalue weighted by molar-refractivity contribution is 5.73. The van der Waals surface area contributed by atoms with E-state index in [0.717, 1.165) is 5.56 Å². The van der Waals surface area contributed by atoms with Crippen LogP contribution in [0.2, 0.25) is 0 Å². The van der Waals surface area contributed by atoms with Crippen LogP contribution in [-0.4, -0.2) is 35.5 Å². The fourth-order valence-electron chi connectivity index (χ4n) is 3.02. The first-order valence-electron chi connectivity index (χ1n) is 8.74. The first-order chi connectivity index (χ1) is 12.9. The van der Waals surface area contributed by atoms with Crippen LogP contribution in [0.25, 0.3) is 0 Å². The van der Waals surface area contributed by atoms with Crippen molar-refractivity contribution in [1.29, 1.82) is 0 Å². The minimum absolute atomic E-state index is 0.0857. The summed E-state index contributed by atoms with van der Waals surface area (Å²) in [5.74, 6) is 0. The number of nitrogens with zero attached hydrogens (tertiary/aromatic N) is 2. The summed E-state index contributed by atoms with van der Waals surface area (Å²) in [6.07, 6.45) is -3.43. The number of hydrogen-bond donors (Lipinski definition) is 2. The topological polar surface area (TPSA) is 68.2 Å². The van der Waals surface area contributed by atoms with E-state index in [-0.39, 0.29) is 31.3 Å². The molecule has 0 fully saturated rings. The van der Waals surface area contributed by atoms with E-state index in [0.29, 0.717) is 31.7 Å². The average Bonchev–Trinajstić information content (AvgIpc) is 3.02. The highest BCUT2D eigenvalue weighted by Crippen LogP contribution is 2.34. The van der Waals surface area contributed by atoms with Crippen molar-refractivity contribution in [3.63, 3.8) is 0 Å². The Balaban J connectivity index is 1.49. The summed E-state index contributed by atoms with van der Waals surface area (Å²) < 4.78 is 45.8. The summed E-state index contributed by atoms with van der Waals surface area (Å²) in [6.45, 7) is 1.11. The van der Waals surface area contributed by atoms with Gasteiger partial charge in [-0.15, -0.1) is 0 Å². The Kier molecular flexibility index (Phi) is 6.00. The molecule has 0 radical (unpaired) electrons. The van der Waals surface area contributed by atoms with Crippen LogP contribution in [0.4, 0.5) is 18.0 Å². The van der Waals surface area contributed by atoms with E-state index >= 15 is 0 Å². The van der Waals surface area contributed by atoms with Crippen LogP contribution in [0.3, 0.4) is 0 Å². The summed E-state index contributed by atoms with van der Waals surface area (Å²) in [4.78, 5) is 11.8. The van der Waals surface area contributed by atoms with Crippen LogP contribution in [-0.2, 0) is 36.9 Å². The number of fused-ring (bicyclic) bond motifs is 1. The van der Waals surface area contributed by atoms with Crippen LogP contribution >= 0.6 is 0 Å². The molecule has 0 atom stereocenters. The maximum atomic E-state index is 13.1. The third-order valence-electron chi connectivity index (χ3n) is 4.32. The lowest BCUT2D eigenvalue weighted by Crippen LogP contribution is -2.38. The number of rotatable bonds is 6. The third-order valence-corrected chi connectivity index (χ3v) is 4.32. The molecule has 2 aromatic rings. The lowest BCUT2D eigenvalue weighted by Gasteiger charge is -2.15. The summed E-state index contributed by atoms with van der Waals surface area (Å²) in [5, 5.41) is 9.08. The summed E-state index contributed by atoms with van der Waals surface area (Å²) >= 11 is 0. The molecule has 3 rings (SSSR count). The molecule has 0 saturated heterocycles. The van der Waals surface area contributed by atoms with Crippen molar-refractivity contribution in [3.8, 4) is 0 Å². The fraction of sp³-hybridized carbons (Fsp3) is 0.444. The SMILES string of the molecule is O=C(NCCc1ccccc1)NCCn1nc(C(F)(F)F)c2c1CCOC2. The molecule has 6 nitrogen and oxygen atoms in total. The number of carbonyl (C=O) groups excluding carboxylic acids is 1. The molecule has 27 heavy (non-hydrogen) atoms. The number of alkyl halides is 3. The monoisotopic (exact) mass is 382 g/mol. The largest absolute Gasteiger partial charge is 0.435 e. The number of carbonyl (C=O) groups is 1. The van der Waals surface area contributed by atoms with Gasteiger partial charge in [-0.3, -0.25) is 4.68 Å². The molecule has 1 aromatic carbocycles.